The van der Waals surface area contributed by atoms with Crippen LogP contribution in [0.1, 0.15) is 33.3 Å². The van der Waals surface area contributed by atoms with E-state index in [-0.39, 0.29) is 28.6 Å². The summed E-state index contributed by atoms with van der Waals surface area (Å²) >= 11 is 12.9. The topological polar surface area (TPSA) is 88.9 Å². The van der Waals surface area contributed by atoms with Crippen LogP contribution in [0.5, 0.6) is 11.5 Å². The van der Waals surface area contributed by atoms with Gasteiger partial charge < -0.3 is 18.9 Å². The maximum atomic E-state index is 13.0. The molecular formula is C28H24Cl2N2O6. The highest BCUT2D eigenvalue weighted by Crippen LogP contribution is 2.41. The molecule has 10 heteroatoms. The summed E-state index contributed by atoms with van der Waals surface area (Å²) in [6.45, 7) is 2.29. The second kappa shape index (κ2) is 12.0. The first kappa shape index (κ1) is 27.0. The summed E-state index contributed by atoms with van der Waals surface area (Å²) < 4.78 is 23.2. The first-order chi connectivity index (χ1) is 18.4. The Kier molecular flexibility index (Phi) is 8.55. The van der Waals surface area contributed by atoms with Gasteiger partial charge in [-0.15, -0.1) is 0 Å². The van der Waals surface area contributed by atoms with Gasteiger partial charge in [-0.25, -0.2) is 14.3 Å². The van der Waals surface area contributed by atoms with Crippen LogP contribution in [-0.2, 0) is 16.1 Å². The van der Waals surface area contributed by atoms with Gasteiger partial charge in [-0.05, 0) is 37.3 Å². The van der Waals surface area contributed by atoms with Gasteiger partial charge in [0.15, 0.2) is 17.2 Å². The van der Waals surface area contributed by atoms with Crippen LogP contribution in [0.3, 0.4) is 0 Å². The summed E-state index contributed by atoms with van der Waals surface area (Å²) in [5, 5.41) is 5.38. The smallest absolute Gasteiger partial charge is 0.357 e. The van der Waals surface area contributed by atoms with E-state index < -0.39 is 11.9 Å². The highest BCUT2D eigenvalue weighted by Gasteiger charge is 2.32. The minimum absolute atomic E-state index is 0.0774. The summed E-state index contributed by atoms with van der Waals surface area (Å²) in [6, 6.07) is 19.4. The zero-order valence-corrected chi connectivity index (χ0v) is 22.4. The van der Waals surface area contributed by atoms with Crippen molar-refractivity contribution in [2.75, 3.05) is 20.8 Å². The molecule has 0 amide bonds. The fourth-order valence-electron chi connectivity index (χ4n) is 3.83. The molecule has 0 spiro atoms. The standard InChI is InChI=1S/C28H24Cl2N2O6/c1-4-37-22-15-18(14-21(30)26(22)38-16-17-10-8-9-13-20(17)29)24-23(27(33)35-2)25(28(34)36-3)32(31-24)19-11-6-5-7-12-19/h5-15H,4,16H2,1-3H3. The third kappa shape index (κ3) is 5.46. The number of benzene rings is 3. The molecule has 8 nitrogen and oxygen atoms in total. The number of carbonyl (C=O) groups excluding carboxylic acids is 2. The molecule has 0 fully saturated rings. The second-order valence-electron chi connectivity index (χ2n) is 7.90. The van der Waals surface area contributed by atoms with Crippen molar-refractivity contribution in [3.63, 3.8) is 0 Å². The predicted molar refractivity (Wildman–Crippen MR) is 144 cm³/mol. The number of hydrogen-bond donors (Lipinski definition) is 0. The van der Waals surface area contributed by atoms with Crippen LogP contribution in [0.2, 0.25) is 10.0 Å². The molecule has 0 saturated carbocycles. The molecule has 4 aromatic rings. The van der Waals surface area contributed by atoms with E-state index >= 15 is 0 Å². The Morgan fingerprint density at radius 1 is 0.868 bits per heavy atom. The molecule has 0 N–H and O–H groups in total. The third-order valence-corrected chi connectivity index (χ3v) is 6.22. The minimum atomic E-state index is -0.768. The summed E-state index contributed by atoms with van der Waals surface area (Å²) in [5.74, 6) is -0.904. The van der Waals surface area contributed by atoms with Gasteiger partial charge in [0.1, 0.15) is 17.9 Å². The van der Waals surface area contributed by atoms with Crippen molar-refractivity contribution in [3.05, 3.63) is 93.6 Å². The summed E-state index contributed by atoms with van der Waals surface area (Å²) in [5.41, 5.74) is 1.71. The van der Waals surface area contributed by atoms with Gasteiger partial charge in [-0.2, -0.15) is 5.10 Å². The number of carbonyl (C=O) groups is 2. The number of nitrogens with zero attached hydrogens (tertiary/aromatic N) is 2. The molecule has 0 aliphatic rings. The number of rotatable bonds is 9. The van der Waals surface area contributed by atoms with Crippen LogP contribution in [-0.4, -0.2) is 42.5 Å². The highest BCUT2D eigenvalue weighted by molar-refractivity contribution is 6.32. The van der Waals surface area contributed by atoms with E-state index in [0.29, 0.717) is 34.4 Å². The van der Waals surface area contributed by atoms with Gasteiger partial charge >= 0.3 is 11.9 Å². The van der Waals surface area contributed by atoms with Crippen molar-refractivity contribution in [2.45, 2.75) is 13.5 Å². The van der Waals surface area contributed by atoms with Crippen LogP contribution in [0.25, 0.3) is 16.9 Å². The molecule has 0 radical (unpaired) electrons. The van der Waals surface area contributed by atoms with Gasteiger partial charge in [-0.1, -0.05) is 59.6 Å². The lowest BCUT2D eigenvalue weighted by Gasteiger charge is -2.15. The lowest BCUT2D eigenvalue weighted by Crippen LogP contribution is -2.15. The second-order valence-corrected chi connectivity index (χ2v) is 8.72. The number of halogens is 2. The average molecular weight is 555 g/mol. The molecule has 1 aromatic heterocycles. The zero-order valence-electron chi connectivity index (χ0n) is 20.9. The van der Waals surface area contributed by atoms with E-state index in [9.17, 15) is 9.59 Å². The van der Waals surface area contributed by atoms with E-state index in [2.05, 4.69) is 5.10 Å². The largest absolute Gasteiger partial charge is 0.490 e. The molecule has 1 heterocycles. The normalized spacial score (nSPS) is 10.7. The Labute approximate surface area is 229 Å². The van der Waals surface area contributed by atoms with E-state index in [0.717, 1.165) is 5.56 Å². The molecule has 0 bridgehead atoms. The molecule has 0 aliphatic heterocycles. The molecule has 0 atom stereocenters. The number of esters is 2. The molecule has 4 rings (SSSR count). The highest BCUT2D eigenvalue weighted by atomic mass is 35.5. The molecule has 3 aromatic carbocycles. The van der Waals surface area contributed by atoms with Crippen LogP contribution in [0.15, 0.2) is 66.7 Å². The molecule has 38 heavy (non-hydrogen) atoms. The van der Waals surface area contributed by atoms with Gasteiger partial charge in [0.2, 0.25) is 0 Å². The molecule has 0 aliphatic carbocycles. The lowest BCUT2D eigenvalue weighted by atomic mass is 10.0. The number of para-hydroxylation sites is 1. The SMILES string of the molecule is CCOc1cc(-c2nn(-c3ccccc3)c(C(=O)OC)c2C(=O)OC)cc(Cl)c1OCc1ccccc1Cl. The number of methoxy groups -OCH3 is 2. The monoisotopic (exact) mass is 554 g/mol. The van der Waals surface area contributed by atoms with Gasteiger partial charge in [0.25, 0.3) is 0 Å². The van der Waals surface area contributed by atoms with Crippen molar-refractivity contribution < 1.29 is 28.5 Å². The lowest BCUT2D eigenvalue weighted by molar-refractivity contribution is 0.0549. The predicted octanol–water partition coefficient (Wildman–Crippen LogP) is 6.40. The van der Waals surface area contributed by atoms with Crippen LogP contribution >= 0.6 is 23.2 Å². The fourth-order valence-corrected chi connectivity index (χ4v) is 4.29. The van der Waals surface area contributed by atoms with Crippen molar-refractivity contribution in [1.82, 2.24) is 9.78 Å². The first-order valence-electron chi connectivity index (χ1n) is 11.6. The van der Waals surface area contributed by atoms with Crippen molar-refractivity contribution in [1.29, 1.82) is 0 Å². The van der Waals surface area contributed by atoms with E-state index in [1.807, 2.05) is 31.2 Å². The Morgan fingerprint density at radius 2 is 1.55 bits per heavy atom. The summed E-state index contributed by atoms with van der Waals surface area (Å²) in [7, 11) is 2.44. The first-order valence-corrected chi connectivity index (χ1v) is 12.3. The maximum absolute atomic E-state index is 13.0. The maximum Gasteiger partial charge on any atom is 0.357 e. The van der Waals surface area contributed by atoms with Crippen LogP contribution < -0.4 is 9.47 Å². The van der Waals surface area contributed by atoms with Crippen LogP contribution in [0.4, 0.5) is 0 Å². The summed E-state index contributed by atoms with van der Waals surface area (Å²) in [4.78, 5) is 25.8. The van der Waals surface area contributed by atoms with Crippen molar-refractivity contribution in [3.8, 4) is 28.4 Å². The third-order valence-electron chi connectivity index (χ3n) is 5.57. The van der Waals surface area contributed by atoms with Gasteiger partial charge in [0.05, 0.1) is 31.5 Å². The van der Waals surface area contributed by atoms with Gasteiger partial charge in [0, 0.05) is 16.1 Å². The molecule has 0 unspecified atom stereocenters. The molecular weight excluding hydrogens is 531 g/mol. The van der Waals surface area contributed by atoms with E-state index in [1.165, 1.54) is 18.9 Å². The molecule has 196 valence electrons. The molecule has 0 saturated heterocycles. The quantitative estimate of drug-likeness (QED) is 0.221. The Bertz CT molecular complexity index is 1470. The Balaban J connectivity index is 1.88. The zero-order chi connectivity index (χ0) is 27.2. The Hall–Kier alpha value is -4.01. The Morgan fingerprint density at radius 3 is 2.21 bits per heavy atom. The minimum Gasteiger partial charge on any atom is -0.490 e. The van der Waals surface area contributed by atoms with Crippen molar-refractivity contribution in [2.24, 2.45) is 0 Å². The summed E-state index contributed by atoms with van der Waals surface area (Å²) in [6.07, 6.45) is 0. The van der Waals surface area contributed by atoms with Gasteiger partial charge in [-0.3, -0.25) is 0 Å². The van der Waals surface area contributed by atoms with Crippen molar-refractivity contribution >= 4 is 35.1 Å². The fraction of sp³-hybridized carbons (Fsp3) is 0.179. The van der Waals surface area contributed by atoms with E-state index in [4.69, 9.17) is 42.1 Å². The number of aromatic nitrogens is 2. The number of ether oxygens (including phenoxy) is 4. The average Bonchev–Trinajstić information content (AvgIpc) is 3.34. The number of hydrogen-bond acceptors (Lipinski definition) is 7. The van der Waals surface area contributed by atoms with Crippen LogP contribution in [0, 0.1) is 0 Å². The van der Waals surface area contributed by atoms with E-state index in [1.54, 1.807) is 42.5 Å².